The third kappa shape index (κ3) is 6.41. The van der Waals surface area contributed by atoms with Crippen molar-refractivity contribution >= 4 is 17.5 Å². The zero-order chi connectivity index (χ0) is 20.2. The quantitative estimate of drug-likeness (QED) is 0.558. The fourth-order valence-electron chi connectivity index (χ4n) is 3.26. The van der Waals surface area contributed by atoms with Crippen LogP contribution in [0.5, 0.6) is 0 Å². The van der Waals surface area contributed by atoms with Crippen LogP contribution in [0.15, 0.2) is 18.2 Å². The summed E-state index contributed by atoms with van der Waals surface area (Å²) in [6.45, 7) is 9.65. The molecule has 0 atom stereocenters. The van der Waals surface area contributed by atoms with Crippen molar-refractivity contribution in [1.29, 1.82) is 0 Å². The number of nitrogens with zero attached hydrogens (tertiary/aromatic N) is 1. The smallest absolute Gasteiger partial charge is 0.407 e. The van der Waals surface area contributed by atoms with E-state index >= 15 is 0 Å². The number of alkyl carbamates (subject to hydrolysis) is 1. The average Bonchev–Trinajstić information content (AvgIpc) is 2.54. The number of amides is 1. The summed E-state index contributed by atoms with van der Waals surface area (Å²) in [5.41, 5.74) is 1.25. The van der Waals surface area contributed by atoms with Gasteiger partial charge in [-0.3, -0.25) is 10.1 Å². The van der Waals surface area contributed by atoms with E-state index in [1.54, 1.807) is 6.07 Å². The van der Waals surface area contributed by atoms with Crippen molar-refractivity contribution in [3.63, 3.8) is 0 Å². The Balaban J connectivity index is 1.94. The number of carbonyl (C=O) groups is 1. The summed E-state index contributed by atoms with van der Waals surface area (Å²) in [5, 5.41) is 17.6. The van der Waals surface area contributed by atoms with Gasteiger partial charge >= 0.3 is 6.09 Å². The van der Waals surface area contributed by atoms with E-state index in [1.165, 1.54) is 0 Å². The molecule has 1 saturated carbocycles. The molecule has 1 aliphatic carbocycles. The maximum atomic E-state index is 11.9. The van der Waals surface area contributed by atoms with E-state index in [-0.39, 0.29) is 28.8 Å². The second kappa shape index (κ2) is 8.59. The largest absolute Gasteiger partial charge is 0.444 e. The number of hydrogen-bond acceptors (Lipinski definition) is 5. The van der Waals surface area contributed by atoms with Crippen LogP contribution in [0.25, 0.3) is 0 Å². The predicted molar refractivity (Wildman–Crippen MR) is 106 cm³/mol. The maximum Gasteiger partial charge on any atom is 0.407 e. The highest BCUT2D eigenvalue weighted by molar-refractivity contribution is 5.68. The van der Waals surface area contributed by atoms with Crippen LogP contribution in [0.4, 0.5) is 16.2 Å². The van der Waals surface area contributed by atoms with Crippen LogP contribution in [0, 0.1) is 10.1 Å². The SMILES string of the molecule is CC(C)c1ccc([N+](=O)[O-])c(NC2CCC(NC(=O)OC(C)(C)C)CC2)c1. The molecule has 0 aliphatic heterocycles. The fourth-order valence-corrected chi connectivity index (χ4v) is 3.26. The van der Waals surface area contributed by atoms with Crippen molar-refractivity contribution < 1.29 is 14.5 Å². The fraction of sp³-hybridized carbons (Fsp3) is 0.650. The van der Waals surface area contributed by atoms with E-state index in [2.05, 4.69) is 24.5 Å². The molecule has 1 aromatic rings. The molecular formula is C20H31N3O4. The lowest BCUT2D eigenvalue weighted by atomic mass is 9.91. The van der Waals surface area contributed by atoms with Gasteiger partial charge in [-0.2, -0.15) is 0 Å². The number of ether oxygens (including phenoxy) is 1. The Morgan fingerprint density at radius 1 is 1.19 bits per heavy atom. The summed E-state index contributed by atoms with van der Waals surface area (Å²) in [6.07, 6.45) is 2.91. The van der Waals surface area contributed by atoms with Crippen LogP contribution in [0.1, 0.15) is 71.8 Å². The normalized spacial score (nSPS) is 20.2. The lowest BCUT2D eigenvalue weighted by Crippen LogP contribution is -2.42. The van der Waals surface area contributed by atoms with Crippen molar-refractivity contribution in [2.75, 3.05) is 5.32 Å². The van der Waals surface area contributed by atoms with E-state index in [0.717, 1.165) is 31.2 Å². The third-order valence-corrected chi connectivity index (χ3v) is 4.69. The van der Waals surface area contributed by atoms with Crippen molar-refractivity contribution in [2.24, 2.45) is 0 Å². The topological polar surface area (TPSA) is 93.5 Å². The molecule has 1 fully saturated rings. The molecule has 1 aliphatic rings. The van der Waals surface area contributed by atoms with Crippen molar-refractivity contribution in [3.8, 4) is 0 Å². The van der Waals surface area contributed by atoms with Crippen molar-refractivity contribution in [1.82, 2.24) is 5.32 Å². The molecule has 0 aromatic heterocycles. The zero-order valence-corrected chi connectivity index (χ0v) is 16.9. The number of anilines is 1. The van der Waals surface area contributed by atoms with Crippen LogP contribution in [0.3, 0.4) is 0 Å². The van der Waals surface area contributed by atoms with Crippen LogP contribution < -0.4 is 10.6 Å². The minimum atomic E-state index is -0.511. The Kier molecular flexibility index (Phi) is 6.68. The molecule has 0 unspecified atom stereocenters. The summed E-state index contributed by atoms with van der Waals surface area (Å²) in [6, 6.07) is 5.51. The standard InChI is InChI=1S/C20H31N3O4/c1-13(2)14-6-11-18(23(25)26)17(12-14)21-15-7-9-16(10-8-15)22-19(24)27-20(3,4)5/h6,11-13,15-16,21H,7-10H2,1-5H3,(H,22,24). The molecule has 0 spiro atoms. The second-order valence-corrected chi connectivity index (χ2v) is 8.53. The number of hydrogen-bond donors (Lipinski definition) is 2. The third-order valence-electron chi connectivity index (χ3n) is 4.69. The van der Waals surface area contributed by atoms with Crippen LogP contribution in [-0.4, -0.2) is 28.7 Å². The molecule has 0 saturated heterocycles. The summed E-state index contributed by atoms with van der Waals surface area (Å²) in [4.78, 5) is 22.9. The number of nitro groups is 1. The maximum absolute atomic E-state index is 11.9. The molecule has 1 aromatic carbocycles. The Labute approximate surface area is 161 Å². The average molecular weight is 377 g/mol. The molecule has 7 nitrogen and oxygen atoms in total. The Hall–Kier alpha value is -2.31. The zero-order valence-electron chi connectivity index (χ0n) is 16.9. The molecule has 0 radical (unpaired) electrons. The van der Waals surface area contributed by atoms with Gasteiger partial charge in [0.1, 0.15) is 11.3 Å². The Morgan fingerprint density at radius 3 is 2.30 bits per heavy atom. The number of nitrogens with one attached hydrogen (secondary N) is 2. The van der Waals surface area contributed by atoms with Gasteiger partial charge in [0.05, 0.1) is 4.92 Å². The molecular weight excluding hydrogens is 346 g/mol. The van der Waals surface area contributed by atoms with Gasteiger partial charge in [-0.25, -0.2) is 4.79 Å². The molecule has 1 amide bonds. The summed E-state index contributed by atoms with van der Waals surface area (Å²) in [5.74, 6) is 0.306. The van der Waals surface area contributed by atoms with Crippen molar-refractivity contribution in [3.05, 3.63) is 33.9 Å². The van der Waals surface area contributed by atoms with Gasteiger partial charge in [-0.15, -0.1) is 0 Å². The number of carbonyl (C=O) groups excluding carboxylic acids is 1. The van der Waals surface area contributed by atoms with E-state index in [0.29, 0.717) is 11.6 Å². The molecule has 27 heavy (non-hydrogen) atoms. The monoisotopic (exact) mass is 377 g/mol. The Bertz CT molecular complexity index is 674. The van der Waals surface area contributed by atoms with Gasteiger partial charge in [0, 0.05) is 18.2 Å². The lowest BCUT2D eigenvalue weighted by Gasteiger charge is -2.31. The molecule has 2 N–H and O–H groups in total. The van der Waals surface area contributed by atoms with Crippen LogP contribution in [0.2, 0.25) is 0 Å². The minimum Gasteiger partial charge on any atom is -0.444 e. The first-order valence-electron chi connectivity index (χ1n) is 9.59. The molecule has 0 heterocycles. The Morgan fingerprint density at radius 2 is 1.78 bits per heavy atom. The van der Waals surface area contributed by atoms with E-state index in [9.17, 15) is 14.9 Å². The first-order valence-corrected chi connectivity index (χ1v) is 9.59. The summed E-state index contributed by atoms with van der Waals surface area (Å²) >= 11 is 0. The molecule has 0 bridgehead atoms. The minimum absolute atomic E-state index is 0.0786. The van der Waals surface area contributed by atoms with Gasteiger partial charge in [0.2, 0.25) is 0 Å². The summed E-state index contributed by atoms with van der Waals surface area (Å²) in [7, 11) is 0. The van der Waals surface area contributed by atoms with Gasteiger partial charge in [-0.05, 0) is 64.0 Å². The van der Waals surface area contributed by atoms with Crippen LogP contribution >= 0.6 is 0 Å². The molecule has 7 heteroatoms. The van der Waals surface area contributed by atoms with E-state index in [4.69, 9.17) is 4.74 Å². The first-order chi connectivity index (χ1) is 12.5. The molecule has 2 rings (SSSR count). The highest BCUT2D eigenvalue weighted by atomic mass is 16.6. The van der Waals surface area contributed by atoms with Crippen molar-refractivity contribution in [2.45, 2.75) is 83.9 Å². The number of benzene rings is 1. The highest BCUT2D eigenvalue weighted by Crippen LogP contribution is 2.31. The first kappa shape index (κ1) is 21.0. The number of rotatable bonds is 5. The molecule has 150 valence electrons. The predicted octanol–water partition coefficient (Wildman–Crippen LogP) is 4.97. The number of nitro benzene ring substituents is 1. The summed E-state index contributed by atoms with van der Waals surface area (Å²) < 4.78 is 5.30. The highest BCUT2D eigenvalue weighted by Gasteiger charge is 2.26. The van der Waals surface area contributed by atoms with Gasteiger partial charge in [0.15, 0.2) is 0 Å². The lowest BCUT2D eigenvalue weighted by molar-refractivity contribution is -0.384. The van der Waals surface area contributed by atoms with Gasteiger partial charge in [0.25, 0.3) is 5.69 Å². The second-order valence-electron chi connectivity index (χ2n) is 8.53. The van der Waals surface area contributed by atoms with E-state index < -0.39 is 5.60 Å². The van der Waals surface area contributed by atoms with E-state index in [1.807, 2.05) is 32.9 Å². The van der Waals surface area contributed by atoms with Gasteiger partial charge < -0.3 is 15.4 Å². The van der Waals surface area contributed by atoms with Crippen LogP contribution in [-0.2, 0) is 4.74 Å². The van der Waals surface area contributed by atoms with Gasteiger partial charge in [-0.1, -0.05) is 19.9 Å².